The summed E-state index contributed by atoms with van der Waals surface area (Å²) in [7, 11) is 0. The highest BCUT2D eigenvalue weighted by molar-refractivity contribution is 6.30. The highest BCUT2D eigenvalue weighted by Crippen LogP contribution is 2.28. The van der Waals surface area contributed by atoms with Gasteiger partial charge in [-0.05, 0) is 61.2 Å². The molecule has 1 N–H and O–H groups in total. The number of hydrogen-bond donors (Lipinski definition) is 1. The first-order chi connectivity index (χ1) is 14.4. The number of halogens is 1. The molecule has 3 rings (SSSR count). The van der Waals surface area contributed by atoms with E-state index in [1.807, 2.05) is 19.9 Å². The molecule has 0 radical (unpaired) electrons. The van der Waals surface area contributed by atoms with Crippen LogP contribution in [-0.4, -0.2) is 18.4 Å². The van der Waals surface area contributed by atoms with Crippen LogP contribution >= 0.6 is 11.6 Å². The highest BCUT2D eigenvalue weighted by atomic mass is 35.5. The van der Waals surface area contributed by atoms with Gasteiger partial charge in [-0.25, -0.2) is 4.79 Å². The molecule has 2 aromatic carbocycles. The van der Waals surface area contributed by atoms with Crippen LogP contribution < -0.4 is 15.7 Å². The van der Waals surface area contributed by atoms with Gasteiger partial charge in [-0.2, -0.15) is 0 Å². The van der Waals surface area contributed by atoms with Crippen molar-refractivity contribution in [2.75, 3.05) is 6.54 Å². The summed E-state index contributed by atoms with van der Waals surface area (Å²) in [5.41, 5.74) is 2.10. The molecule has 0 aliphatic rings. The van der Waals surface area contributed by atoms with Crippen molar-refractivity contribution in [3.8, 4) is 5.75 Å². The predicted molar refractivity (Wildman–Crippen MR) is 115 cm³/mol. The lowest BCUT2D eigenvalue weighted by Crippen LogP contribution is -2.25. The van der Waals surface area contributed by atoms with Crippen molar-refractivity contribution < 1.29 is 18.7 Å². The average molecular weight is 428 g/mol. The monoisotopic (exact) mass is 427 g/mol. The van der Waals surface area contributed by atoms with E-state index >= 15 is 0 Å². The summed E-state index contributed by atoms with van der Waals surface area (Å²) in [6.07, 6.45) is 1.23. The van der Waals surface area contributed by atoms with Crippen molar-refractivity contribution >= 4 is 34.4 Å². The number of esters is 1. The van der Waals surface area contributed by atoms with Crippen molar-refractivity contribution in [3.63, 3.8) is 0 Å². The number of aryl methyl sites for hydroxylation is 2. The number of rotatable bonds is 7. The second-order valence-electron chi connectivity index (χ2n) is 6.90. The molecule has 0 saturated heterocycles. The highest BCUT2D eigenvalue weighted by Gasteiger charge is 2.13. The van der Waals surface area contributed by atoms with Gasteiger partial charge in [-0.15, -0.1) is 0 Å². The number of hydrogen-bond acceptors (Lipinski definition) is 5. The average Bonchev–Trinajstić information content (AvgIpc) is 2.71. The Morgan fingerprint density at radius 1 is 1.13 bits per heavy atom. The molecule has 1 aromatic heterocycles. The van der Waals surface area contributed by atoms with Gasteiger partial charge in [0.2, 0.25) is 0 Å². The number of carbonyl (C=O) groups excluding carboxylic acids is 2. The van der Waals surface area contributed by atoms with Crippen molar-refractivity contribution in [3.05, 3.63) is 74.6 Å². The Morgan fingerprint density at radius 2 is 1.87 bits per heavy atom. The fourth-order valence-corrected chi connectivity index (χ4v) is 3.20. The Labute approximate surface area is 178 Å². The third-order valence-corrected chi connectivity index (χ3v) is 4.94. The molecule has 1 amide bonds. The molecule has 0 spiro atoms. The first-order valence-electron chi connectivity index (χ1n) is 9.69. The Kier molecular flexibility index (Phi) is 6.90. The van der Waals surface area contributed by atoms with E-state index in [4.69, 9.17) is 20.8 Å². The maximum atomic E-state index is 12.3. The fraction of sp³-hybridized carbons (Fsp3) is 0.261. The van der Waals surface area contributed by atoms with Gasteiger partial charge in [0.25, 0.3) is 5.91 Å². The molecular formula is C23H22ClNO5. The van der Waals surface area contributed by atoms with E-state index in [0.717, 1.165) is 16.5 Å². The molecule has 156 valence electrons. The number of amides is 1. The van der Waals surface area contributed by atoms with Crippen molar-refractivity contribution in [1.29, 1.82) is 0 Å². The minimum absolute atomic E-state index is 0.139. The van der Waals surface area contributed by atoms with Gasteiger partial charge in [0.15, 0.2) is 0 Å². The summed E-state index contributed by atoms with van der Waals surface area (Å²) in [5.74, 6) is -0.262. The lowest BCUT2D eigenvalue weighted by molar-refractivity contribution is -0.134. The minimum atomic E-state index is -0.446. The molecule has 0 aliphatic heterocycles. The summed E-state index contributed by atoms with van der Waals surface area (Å²) < 4.78 is 10.7. The van der Waals surface area contributed by atoms with Gasteiger partial charge in [0.1, 0.15) is 11.3 Å². The predicted octanol–water partition coefficient (Wildman–Crippen LogP) is 4.43. The molecule has 30 heavy (non-hydrogen) atoms. The van der Waals surface area contributed by atoms with E-state index in [1.54, 1.807) is 30.3 Å². The molecule has 0 aliphatic carbocycles. The standard InChI is InChI=1S/C23H22ClNO5/c1-3-15-12-18-14(2)11-22(27)30-20(18)13-19(15)29-21(26)5-4-10-25-23(28)16-6-8-17(24)9-7-16/h6-9,11-13H,3-5,10H2,1-2H3,(H,25,28). The van der Waals surface area contributed by atoms with E-state index in [9.17, 15) is 14.4 Å². The molecule has 0 atom stereocenters. The minimum Gasteiger partial charge on any atom is -0.426 e. The van der Waals surface area contributed by atoms with Gasteiger partial charge < -0.3 is 14.5 Å². The number of benzene rings is 2. The van der Waals surface area contributed by atoms with Crippen LogP contribution in [0.3, 0.4) is 0 Å². The molecule has 1 heterocycles. The number of fused-ring (bicyclic) bond motifs is 1. The van der Waals surface area contributed by atoms with Crippen LogP contribution in [0, 0.1) is 6.92 Å². The largest absolute Gasteiger partial charge is 0.426 e. The van der Waals surface area contributed by atoms with E-state index < -0.39 is 11.6 Å². The quantitative estimate of drug-likeness (QED) is 0.261. The first kappa shape index (κ1) is 21.6. The van der Waals surface area contributed by atoms with E-state index in [-0.39, 0.29) is 12.3 Å². The Morgan fingerprint density at radius 3 is 2.57 bits per heavy atom. The zero-order chi connectivity index (χ0) is 21.7. The third kappa shape index (κ3) is 5.27. The van der Waals surface area contributed by atoms with E-state index in [1.165, 1.54) is 6.07 Å². The lowest BCUT2D eigenvalue weighted by Gasteiger charge is -2.11. The lowest BCUT2D eigenvalue weighted by atomic mass is 10.1. The van der Waals surface area contributed by atoms with Gasteiger partial charge >= 0.3 is 11.6 Å². The molecular weight excluding hydrogens is 406 g/mol. The third-order valence-electron chi connectivity index (χ3n) is 4.69. The van der Waals surface area contributed by atoms with Crippen LogP contribution in [0.25, 0.3) is 11.0 Å². The molecule has 0 unspecified atom stereocenters. The zero-order valence-electron chi connectivity index (χ0n) is 16.8. The maximum Gasteiger partial charge on any atom is 0.336 e. The topological polar surface area (TPSA) is 85.6 Å². The molecule has 0 fully saturated rings. The summed E-state index contributed by atoms with van der Waals surface area (Å²) in [5, 5.41) is 4.13. The summed E-state index contributed by atoms with van der Waals surface area (Å²) in [6.45, 7) is 4.13. The second kappa shape index (κ2) is 9.59. The van der Waals surface area contributed by atoms with Crippen molar-refractivity contribution in [2.24, 2.45) is 0 Å². The Hall–Kier alpha value is -3.12. The summed E-state index contributed by atoms with van der Waals surface area (Å²) in [4.78, 5) is 35.9. The molecule has 0 bridgehead atoms. The van der Waals surface area contributed by atoms with E-state index in [0.29, 0.717) is 41.3 Å². The summed E-state index contributed by atoms with van der Waals surface area (Å²) in [6, 6.07) is 11.5. The summed E-state index contributed by atoms with van der Waals surface area (Å²) >= 11 is 5.81. The number of nitrogens with one attached hydrogen (secondary N) is 1. The Balaban J connectivity index is 1.58. The molecule has 7 heteroatoms. The van der Waals surface area contributed by atoms with Crippen molar-refractivity contribution in [1.82, 2.24) is 5.32 Å². The second-order valence-corrected chi connectivity index (χ2v) is 7.33. The molecule has 3 aromatic rings. The van der Waals surface area contributed by atoms with Crippen LogP contribution in [0.15, 0.2) is 51.7 Å². The van der Waals surface area contributed by atoms with Gasteiger partial charge in [-0.1, -0.05) is 18.5 Å². The Bertz CT molecular complexity index is 1130. The van der Waals surface area contributed by atoms with Gasteiger partial charge in [0, 0.05) is 41.1 Å². The van der Waals surface area contributed by atoms with Crippen LogP contribution in [-0.2, 0) is 11.2 Å². The van der Waals surface area contributed by atoms with Crippen LogP contribution in [0.4, 0.5) is 0 Å². The van der Waals surface area contributed by atoms with Crippen LogP contribution in [0.5, 0.6) is 5.75 Å². The van der Waals surface area contributed by atoms with Crippen LogP contribution in [0.2, 0.25) is 5.02 Å². The molecule has 6 nitrogen and oxygen atoms in total. The SMILES string of the molecule is CCc1cc2c(C)cc(=O)oc2cc1OC(=O)CCCNC(=O)c1ccc(Cl)cc1. The smallest absolute Gasteiger partial charge is 0.336 e. The number of ether oxygens (including phenoxy) is 1. The van der Waals surface area contributed by atoms with Crippen LogP contribution in [0.1, 0.15) is 41.3 Å². The van der Waals surface area contributed by atoms with Gasteiger partial charge in [0.05, 0.1) is 0 Å². The zero-order valence-corrected chi connectivity index (χ0v) is 17.5. The normalized spacial score (nSPS) is 10.8. The fourth-order valence-electron chi connectivity index (χ4n) is 3.07. The maximum absolute atomic E-state index is 12.3. The number of carbonyl (C=O) groups is 2. The molecule has 0 saturated carbocycles. The van der Waals surface area contributed by atoms with E-state index in [2.05, 4.69) is 5.32 Å². The first-order valence-corrected chi connectivity index (χ1v) is 10.1. The van der Waals surface area contributed by atoms with Gasteiger partial charge in [-0.3, -0.25) is 9.59 Å². The van der Waals surface area contributed by atoms with Crippen molar-refractivity contribution in [2.45, 2.75) is 33.1 Å².